The van der Waals surface area contributed by atoms with E-state index in [1.54, 1.807) is 11.3 Å². The minimum Gasteiger partial charge on any atom is -0.416 e. The molecule has 32 heavy (non-hydrogen) atoms. The van der Waals surface area contributed by atoms with Crippen molar-refractivity contribution < 1.29 is 9.21 Å². The number of aromatic amines is 1. The number of rotatable bonds is 9. The number of nitrogens with one attached hydrogen (secondary N) is 2. The van der Waals surface area contributed by atoms with Gasteiger partial charge in [0, 0.05) is 36.5 Å². The first kappa shape index (κ1) is 20.7. The van der Waals surface area contributed by atoms with Crippen LogP contribution in [0.5, 0.6) is 0 Å². The molecule has 2 N–H and O–H groups in total. The van der Waals surface area contributed by atoms with Crippen LogP contribution in [0.3, 0.4) is 0 Å². The topological polar surface area (TPSA) is 96.7 Å². The lowest BCUT2D eigenvalue weighted by atomic mass is 10.1. The molecule has 5 rings (SSSR count). The molecule has 0 atom stereocenters. The zero-order valence-corrected chi connectivity index (χ0v) is 18.8. The summed E-state index contributed by atoms with van der Waals surface area (Å²) in [6.45, 7) is 0.582. The number of thiazole rings is 1. The first-order valence-electron chi connectivity index (χ1n) is 10.4. The summed E-state index contributed by atoms with van der Waals surface area (Å²) < 4.78 is 6.86. The van der Waals surface area contributed by atoms with Gasteiger partial charge in [-0.05, 0) is 30.2 Å². The van der Waals surface area contributed by atoms with Gasteiger partial charge in [0.15, 0.2) is 0 Å². The number of fused-ring (bicyclic) bond motifs is 2. The summed E-state index contributed by atoms with van der Waals surface area (Å²) >= 11 is 2.94. The average Bonchev–Trinajstić information content (AvgIpc) is 3.54. The standard InChI is InChI=1S/C23H21N5O2S2/c29-20(24-12-11-15-13-25-17-6-2-1-5-16(15)17)14-31-23-28-27-21(30-23)9-10-22-26-18-7-3-4-8-19(18)32-22/h1-8,13,25H,9-12,14H2,(H,24,29). The van der Waals surface area contributed by atoms with Gasteiger partial charge in [0.1, 0.15) is 0 Å². The molecule has 2 aromatic carbocycles. The Morgan fingerprint density at radius 3 is 2.88 bits per heavy atom. The Bertz CT molecular complexity index is 1320. The Labute approximate surface area is 192 Å². The molecule has 3 heterocycles. The third-order valence-corrected chi connectivity index (χ3v) is 6.97. The summed E-state index contributed by atoms with van der Waals surface area (Å²) in [5, 5.41) is 13.7. The molecule has 7 nitrogen and oxygen atoms in total. The maximum absolute atomic E-state index is 12.2. The molecule has 0 spiro atoms. The van der Waals surface area contributed by atoms with Gasteiger partial charge in [0.25, 0.3) is 5.22 Å². The number of nitrogens with zero attached hydrogens (tertiary/aromatic N) is 3. The Morgan fingerprint density at radius 2 is 1.94 bits per heavy atom. The predicted octanol–water partition coefficient (Wildman–Crippen LogP) is 4.40. The van der Waals surface area contributed by atoms with Crippen molar-refractivity contribution in [2.24, 2.45) is 0 Å². The minimum absolute atomic E-state index is 0.0518. The first-order chi connectivity index (χ1) is 15.7. The predicted molar refractivity (Wildman–Crippen MR) is 127 cm³/mol. The highest BCUT2D eigenvalue weighted by molar-refractivity contribution is 7.99. The van der Waals surface area contributed by atoms with Crippen LogP contribution in [0.1, 0.15) is 16.5 Å². The summed E-state index contributed by atoms with van der Waals surface area (Å²) in [5.74, 6) is 0.753. The largest absolute Gasteiger partial charge is 0.416 e. The number of aryl methyl sites for hydroxylation is 2. The summed E-state index contributed by atoms with van der Waals surface area (Å²) in [4.78, 5) is 20.1. The van der Waals surface area contributed by atoms with Crippen molar-refractivity contribution in [2.45, 2.75) is 24.5 Å². The average molecular weight is 464 g/mol. The van der Waals surface area contributed by atoms with Gasteiger partial charge < -0.3 is 14.7 Å². The molecule has 1 amide bonds. The van der Waals surface area contributed by atoms with Gasteiger partial charge in [-0.15, -0.1) is 21.5 Å². The van der Waals surface area contributed by atoms with E-state index in [0.29, 0.717) is 24.1 Å². The molecule has 0 fully saturated rings. The van der Waals surface area contributed by atoms with E-state index < -0.39 is 0 Å². The van der Waals surface area contributed by atoms with E-state index in [1.165, 1.54) is 27.4 Å². The molecule has 0 saturated carbocycles. The molecule has 0 radical (unpaired) electrons. The SMILES string of the molecule is O=C(CSc1nnc(CCc2nc3ccccc3s2)o1)NCCc1c[nH]c2ccccc12. The number of hydrogen-bond acceptors (Lipinski definition) is 7. The molecular weight excluding hydrogens is 442 g/mol. The van der Waals surface area contributed by atoms with Crippen molar-refractivity contribution in [3.63, 3.8) is 0 Å². The Morgan fingerprint density at radius 1 is 1.06 bits per heavy atom. The zero-order chi connectivity index (χ0) is 21.8. The molecule has 0 aliphatic carbocycles. The van der Waals surface area contributed by atoms with Crippen molar-refractivity contribution in [1.82, 2.24) is 25.5 Å². The van der Waals surface area contributed by atoms with Gasteiger partial charge in [-0.25, -0.2) is 4.98 Å². The Balaban J connectivity index is 1.06. The molecule has 0 bridgehead atoms. The molecule has 0 aliphatic heterocycles. The molecule has 3 aromatic heterocycles. The van der Waals surface area contributed by atoms with Crippen molar-refractivity contribution in [1.29, 1.82) is 0 Å². The van der Waals surface area contributed by atoms with Crippen LogP contribution in [-0.2, 0) is 24.1 Å². The van der Waals surface area contributed by atoms with Gasteiger partial charge in [-0.2, -0.15) is 0 Å². The second kappa shape index (κ2) is 9.54. The molecule has 9 heteroatoms. The fourth-order valence-electron chi connectivity index (χ4n) is 3.49. The van der Waals surface area contributed by atoms with Crippen LogP contribution >= 0.6 is 23.1 Å². The van der Waals surface area contributed by atoms with Gasteiger partial charge in [-0.3, -0.25) is 4.79 Å². The van der Waals surface area contributed by atoms with Crippen molar-refractivity contribution in [3.05, 3.63) is 71.2 Å². The minimum atomic E-state index is -0.0518. The normalized spacial score (nSPS) is 11.4. The van der Waals surface area contributed by atoms with Gasteiger partial charge in [0.05, 0.1) is 21.0 Å². The Hall–Kier alpha value is -3.17. The smallest absolute Gasteiger partial charge is 0.277 e. The molecule has 0 aliphatic rings. The second-order valence-corrected chi connectivity index (χ2v) is 9.33. The number of para-hydroxylation sites is 2. The van der Waals surface area contributed by atoms with Crippen LogP contribution in [0.2, 0.25) is 0 Å². The van der Waals surface area contributed by atoms with Crippen LogP contribution in [0.25, 0.3) is 21.1 Å². The number of amides is 1. The van der Waals surface area contributed by atoms with E-state index in [4.69, 9.17) is 4.42 Å². The van der Waals surface area contributed by atoms with Crippen LogP contribution < -0.4 is 5.32 Å². The fraction of sp³-hybridized carbons (Fsp3) is 0.217. The molecular formula is C23H21N5O2S2. The summed E-state index contributed by atoms with van der Waals surface area (Å²) in [5.41, 5.74) is 3.33. The summed E-state index contributed by atoms with van der Waals surface area (Å²) in [6, 6.07) is 16.3. The Kier molecular flexibility index (Phi) is 6.17. The van der Waals surface area contributed by atoms with Crippen molar-refractivity contribution in [2.75, 3.05) is 12.3 Å². The maximum atomic E-state index is 12.2. The number of H-pyrrole nitrogens is 1. The van der Waals surface area contributed by atoms with E-state index in [9.17, 15) is 4.79 Å². The third kappa shape index (κ3) is 4.84. The molecule has 5 aromatic rings. The van der Waals surface area contributed by atoms with Crippen molar-refractivity contribution >= 4 is 50.1 Å². The lowest BCUT2D eigenvalue weighted by molar-refractivity contribution is -0.118. The number of benzene rings is 2. The maximum Gasteiger partial charge on any atom is 0.277 e. The van der Waals surface area contributed by atoms with Crippen LogP contribution in [0, 0.1) is 0 Å². The number of carbonyl (C=O) groups is 1. The summed E-state index contributed by atoms with van der Waals surface area (Å²) in [6.07, 6.45) is 4.15. The highest BCUT2D eigenvalue weighted by Gasteiger charge is 2.11. The van der Waals surface area contributed by atoms with E-state index in [2.05, 4.69) is 37.6 Å². The highest BCUT2D eigenvalue weighted by Crippen LogP contribution is 2.23. The summed E-state index contributed by atoms with van der Waals surface area (Å²) in [7, 11) is 0. The van der Waals surface area contributed by atoms with E-state index in [-0.39, 0.29) is 11.7 Å². The first-order valence-corrected chi connectivity index (χ1v) is 12.2. The van der Waals surface area contributed by atoms with Crippen LogP contribution in [0.4, 0.5) is 0 Å². The lowest BCUT2D eigenvalue weighted by Crippen LogP contribution is -2.27. The van der Waals surface area contributed by atoms with E-state index in [0.717, 1.165) is 28.9 Å². The van der Waals surface area contributed by atoms with Crippen molar-refractivity contribution in [3.8, 4) is 0 Å². The third-order valence-electron chi connectivity index (χ3n) is 5.06. The number of hydrogen-bond donors (Lipinski definition) is 2. The quantitative estimate of drug-likeness (QED) is 0.315. The van der Waals surface area contributed by atoms with E-state index in [1.807, 2.05) is 42.6 Å². The lowest BCUT2D eigenvalue weighted by Gasteiger charge is -2.03. The number of carbonyl (C=O) groups excluding carboxylic acids is 1. The highest BCUT2D eigenvalue weighted by atomic mass is 32.2. The van der Waals surface area contributed by atoms with Gasteiger partial charge in [0.2, 0.25) is 11.8 Å². The zero-order valence-electron chi connectivity index (χ0n) is 17.2. The van der Waals surface area contributed by atoms with Crippen LogP contribution in [0.15, 0.2) is 64.4 Å². The number of aromatic nitrogens is 4. The second-order valence-electron chi connectivity index (χ2n) is 7.29. The fourth-order valence-corrected chi connectivity index (χ4v) is 5.07. The molecule has 0 unspecified atom stereocenters. The van der Waals surface area contributed by atoms with Crippen LogP contribution in [-0.4, -0.2) is 38.4 Å². The molecule has 0 saturated heterocycles. The van der Waals surface area contributed by atoms with Gasteiger partial charge in [-0.1, -0.05) is 42.1 Å². The van der Waals surface area contributed by atoms with Gasteiger partial charge >= 0.3 is 0 Å². The monoisotopic (exact) mass is 463 g/mol. The number of thioether (sulfide) groups is 1. The van der Waals surface area contributed by atoms with E-state index >= 15 is 0 Å². The molecule has 162 valence electrons.